The standard InChI is InChI=1S/C16H13ClN4O/c1-10-6-2-3-7-11(10)14-19-16(18)21(20-14)15(22)12-8-4-5-9-13(12)17/h2-9H,1H3,(H2,18,19,20). The lowest BCUT2D eigenvalue weighted by Crippen LogP contribution is -2.16. The molecule has 0 aliphatic carbocycles. The van der Waals surface area contributed by atoms with Crippen molar-refractivity contribution in [3.63, 3.8) is 0 Å². The van der Waals surface area contributed by atoms with Crippen LogP contribution < -0.4 is 5.73 Å². The maximum Gasteiger partial charge on any atom is 0.282 e. The molecule has 6 heteroatoms. The van der Waals surface area contributed by atoms with E-state index in [1.165, 1.54) is 0 Å². The van der Waals surface area contributed by atoms with Gasteiger partial charge >= 0.3 is 0 Å². The van der Waals surface area contributed by atoms with Gasteiger partial charge in [0.25, 0.3) is 5.91 Å². The number of nitrogens with two attached hydrogens (primary N) is 1. The summed E-state index contributed by atoms with van der Waals surface area (Å²) in [5.74, 6) is 0.0367. The molecular formula is C16H13ClN4O. The summed E-state index contributed by atoms with van der Waals surface area (Å²) in [4.78, 5) is 16.7. The first-order valence-corrected chi connectivity index (χ1v) is 7.03. The van der Waals surface area contributed by atoms with Gasteiger partial charge < -0.3 is 5.73 Å². The summed E-state index contributed by atoms with van der Waals surface area (Å²) in [6, 6.07) is 14.4. The van der Waals surface area contributed by atoms with Gasteiger partial charge in [0.15, 0.2) is 5.82 Å². The molecule has 3 rings (SSSR count). The molecule has 2 aromatic carbocycles. The fourth-order valence-corrected chi connectivity index (χ4v) is 2.38. The van der Waals surface area contributed by atoms with Gasteiger partial charge in [0.1, 0.15) is 0 Å². The van der Waals surface area contributed by atoms with Gasteiger partial charge in [-0.15, -0.1) is 5.10 Å². The number of rotatable bonds is 2. The van der Waals surface area contributed by atoms with Crippen LogP contribution in [0.1, 0.15) is 15.9 Å². The van der Waals surface area contributed by atoms with Crippen LogP contribution in [0.15, 0.2) is 48.5 Å². The number of halogens is 1. The topological polar surface area (TPSA) is 73.8 Å². The number of carbonyl (C=O) groups excluding carboxylic acids is 1. The van der Waals surface area contributed by atoms with Gasteiger partial charge in [-0.3, -0.25) is 4.79 Å². The van der Waals surface area contributed by atoms with E-state index in [0.29, 0.717) is 16.4 Å². The maximum absolute atomic E-state index is 12.5. The van der Waals surface area contributed by atoms with Gasteiger partial charge in [-0.25, -0.2) is 0 Å². The van der Waals surface area contributed by atoms with Crippen LogP contribution in [0.4, 0.5) is 5.95 Å². The molecule has 110 valence electrons. The molecule has 0 radical (unpaired) electrons. The number of carbonyl (C=O) groups is 1. The molecule has 0 atom stereocenters. The first-order chi connectivity index (χ1) is 10.6. The average Bonchev–Trinajstić information content (AvgIpc) is 2.89. The molecule has 3 aromatic rings. The van der Waals surface area contributed by atoms with Crippen LogP contribution in [-0.4, -0.2) is 20.7 Å². The predicted molar refractivity (Wildman–Crippen MR) is 85.8 cm³/mol. The lowest BCUT2D eigenvalue weighted by atomic mass is 10.1. The lowest BCUT2D eigenvalue weighted by molar-refractivity contribution is 0.0948. The zero-order valence-corrected chi connectivity index (χ0v) is 12.6. The second-order valence-corrected chi connectivity index (χ2v) is 5.21. The second-order valence-electron chi connectivity index (χ2n) is 4.81. The summed E-state index contributed by atoms with van der Waals surface area (Å²) in [7, 11) is 0. The molecule has 5 nitrogen and oxygen atoms in total. The Morgan fingerprint density at radius 2 is 1.82 bits per heavy atom. The van der Waals surface area contributed by atoms with Crippen molar-refractivity contribution in [1.29, 1.82) is 0 Å². The van der Waals surface area contributed by atoms with Crippen molar-refractivity contribution in [2.45, 2.75) is 6.92 Å². The quantitative estimate of drug-likeness (QED) is 0.788. The summed E-state index contributed by atoms with van der Waals surface area (Å²) in [5.41, 5.74) is 8.01. The zero-order chi connectivity index (χ0) is 15.7. The molecule has 0 saturated heterocycles. The summed E-state index contributed by atoms with van der Waals surface area (Å²) in [6.45, 7) is 1.95. The van der Waals surface area contributed by atoms with Crippen LogP contribution >= 0.6 is 11.6 Å². The highest BCUT2D eigenvalue weighted by molar-refractivity contribution is 6.33. The molecule has 2 N–H and O–H groups in total. The smallest absolute Gasteiger partial charge is 0.282 e. The fraction of sp³-hybridized carbons (Fsp3) is 0.0625. The van der Waals surface area contributed by atoms with E-state index in [1.54, 1.807) is 24.3 Å². The number of nitrogen functional groups attached to an aromatic ring is 1. The van der Waals surface area contributed by atoms with Crippen LogP contribution in [-0.2, 0) is 0 Å². The van der Waals surface area contributed by atoms with Crippen molar-refractivity contribution >= 4 is 23.5 Å². The first kappa shape index (κ1) is 14.3. The minimum absolute atomic E-state index is 0.0307. The fourth-order valence-electron chi connectivity index (χ4n) is 2.16. The summed E-state index contributed by atoms with van der Waals surface area (Å²) >= 11 is 6.05. The van der Waals surface area contributed by atoms with E-state index in [2.05, 4.69) is 10.1 Å². The van der Waals surface area contributed by atoms with Gasteiger partial charge in [0, 0.05) is 5.56 Å². The Bertz CT molecular complexity index is 857. The van der Waals surface area contributed by atoms with Crippen molar-refractivity contribution < 1.29 is 4.79 Å². The number of aryl methyl sites for hydroxylation is 1. The van der Waals surface area contributed by atoms with Crippen molar-refractivity contribution in [3.8, 4) is 11.4 Å². The molecular weight excluding hydrogens is 300 g/mol. The van der Waals surface area contributed by atoms with Gasteiger partial charge in [-0.05, 0) is 24.6 Å². The number of anilines is 1. The number of nitrogens with zero attached hydrogens (tertiary/aromatic N) is 3. The minimum atomic E-state index is -0.407. The second kappa shape index (κ2) is 5.61. The number of benzene rings is 2. The predicted octanol–water partition coefficient (Wildman–Crippen LogP) is 3.18. The molecule has 1 heterocycles. The molecule has 0 spiro atoms. The van der Waals surface area contributed by atoms with Crippen LogP contribution in [0.25, 0.3) is 11.4 Å². The van der Waals surface area contributed by atoms with Crippen LogP contribution in [0, 0.1) is 6.92 Å². The number of aromatic nitrogens is 3. The third kappa shape index (κ3) is 2.46. The van der Waals surface area contributed by atoms with Crippen molar-refractivity contribution in [1.82, 2.24) is 14.8 Å². The zero-order valence-electron chi connectivity index (χ0n) is 11.8. The van der Waals surface area contributed by atoms with Crippen LogP contribution in [0.2, 0.25) is 5.02 Å². The van der Waals surface area contributed by atoms with Crippen LogP contribution in [0.5, 0.6) is 0 Å². The molecule has 0 aliphatic heterocycles. The van der Waals surface area contributed by atoms with Gasteiger partial charge in [-0.1, -0.05) is 48.0 Å². The van der Waals surface area contributed by atoms with Gasteiger partial charge in [0.05, 0.1) is 10.6 Å². The normalized spacial score (nSPS) is 10.6. The Hall–Kier alpha value is -2.66. The Morgan fingerprint density at radius 3 is 2.55 bits per heavy atom. The van der Waals surface area contributed by atoms with Crippen molar-refractivity contribution in [2.24, 2.45) is 0 Å². The summed E-state index contributed by atoms with van der Waals surface area (Å²) in [6.07, 6.45) is 0. The van der Waals surface area contributed by atoms with E-state index in [4.69, 9.17) is 17.3 Å². The monoisotopic (exact) mass is 312 g/mol. The highest BCUT2D eigenvalue weighted by Crippen LogP contribution is 2.22. The Balaban J connectivity index is 2.05. The lowest BCUT2D eigenvalue weighted by Gasteiger charge is -2.03. The van der Waals surface area contributed by atoms with E-state index in [9.17, 15) is 4.79 Å². The molecule has 0 saturated carbocycles. The molecule has 0 fully saturated rings. The van der Waals surface area contributed by atoms with E-state index in [-0.39, 0.29) is 5.95 Å². The van der Waals surface area contributed by atoms with Crippen LogP contribution in [0.3, 0.4) is 0 Å². The third-order valence-electron chi connectivity index (χ3n) is 3.31. The average molecular weight is 313 g/mol. The van der Waals surface area contributed by atoms with Gasteiger partial charge in [0.2, 0.25) is 5.95 Å². The maximum atomic E-state index is 12.5. The molecule has 1 aromatic heterocycles. The highest BCUT2D eigenvalue weighted by atomic mass is 35.5. The molecule has 0 unspecified atom stereocenters. The minimum Gasteiger partial charge on any atom is -0.368 e. The number of hydrogen-bond acceptors (Lipinski definition) is 4. The van der Waals surface area contributed by atoms with E-state index in [1.807, 2.05) is 31.2 Å². The summed E-state index contributed by atoms with van der Waals surface area (Å²) < 4.78 is 1.07. The SMILES string of the molecule is Cc1ccccc1-c1nc(N)n(C(=O)c2ccccc2Cl)n1. The largest absolute Gasteiger partial charge is 0.368 e. The van der Waals surface area contributed by atoms with E-state index < -0.39 is 5.91 Å². The Labute approximate surface area is 132 Å². The molecule has 0 bridgehead atoms. The van der Waals surface area contributed by atoms with E-state index in [0.717, 1.165) is 15.8 Å². The Morgan fingerprint density at radius 1 is 1.14 bits per heavy atom. The summed E-state index contributed by atoms with van der Waals surface area (Å²) in [5, 5.41) is 4.58. The van der Waals surface area contributed by atoms with Gasteiger partial charge in [-0.2, -0.15) is 9.67 Å². The Kier molecular flexibility index (Phi) is 3.65. The van der Waals surface area contributed by atoms with Crippen molar-refractivity contribution in [2.75, 3.05) is 5.73 Å². The molecule has 22 heavy (non-hydrogen) atoms. The molecule has 0 amide bonds. The molecule has 0 aliphatic rings. The third-order valence-corrected chi connectivity index (χ3v) is 3.64. The van der Waals surface area contributed by atoms with Crippen molar-refractivity contribution in [3.05, 3.63) is 64.7 Å². The number of hydrogen-bond donors (Lipinski definition) is 1. The highest BCUT2D eigenvalue weighted by Gasteiger charge is 2.19. The first-order valence-electron chi connectivity index (χ1n) is 6.65. The van der Waals surface area contributed by atoms with E-state index >= 15 is 0 Å².